The number of nitrogens with zero attached hydrogens (tertiary/aromatic N) is 1. The lowest BCUT2D eigenvalue weighted by molar-refractivity contribution is -0.161. The third-order valence-corrected chi connectivity index (χ3v) is 9.20. The number of alkyl carbamates (subject to hydrolysis) is 1. The minimum atomic E-state index is -1.37. The van der Waals surface area contributed by atoms with Crippen molar-refractivity contribution in [3.8, 4) is 0 Å². The van der Waals surface area contributed by atoms with Gasteiger partial charge in [0.05, 0.1) is 18.7 Å². The Hall–Kier alpha value is -2.39. The molecule has 1 aromatic carbocycles. The molecule has 0 bridgehead atoms. The van der Waals surface area contributed by atoms with E-state index in [2.05, 4.69) is 49.0 Å². The van der Waals surface area contributed by atoms with Gasteiger partial charge in [0.25, 0.3) is 0 Å². The Balaban J connectivity index is 2.49. The molecule has 8 nitrogen and oxygen atoms in total. The topological polar surface area (TPSA) is 97.0 Å². The molecule has 1 saturated heterocycles. The molecule has 40 heavy (non-hydrogen) atoms. The van der Waals surface area contributed by atoms with Crippen molar-refractivity contribution in [1.82, 2.24) is 15.5 Å². The molecular weight excluding hydrogens is 522 g/mol. The largest absolute Gasteiger partial charge is 0.459 e. The first-order valence-electron chi connectivity index (χ1n) is 14.9. The van der Waals surface area contributed by atoms with E-state index in [-0.39, 0.29) is 24.0 Å². The predicted octanol–water partition coefficient (Wildman–Crippen LogP) is 5.74. The van der Waals surface area contributed by atoms with Crippen molar-refractivity contribution >= 4 is 26.0 Å². The average molecular weight is 576 g/mol. The lowest BCUT2D eigenvalue weighted by Gasteiger charge is -2.38. The Bertz CT molecular complexity index is 956. The van der Waals surface area contributed by atoms with Crippen LogP contribution < -0.4 is 10.6 Å². The van der Waals surface area contributed by atoms with Gasteiger partial charge in [-0.1, -0.05) is 76.7 Å². The van der Waals surface area contributed by atoms with Crippen molar-refractivity contribution < 1.29 is 23.9 Å². The highest BCUT2D eigenvalue weighted by Crippen LogP contribution is 2.34. The van der Waals surface area contributed by atoms with Gasteiger partial charge >= 0.3 is 12.1 Å². The van der Waals surface area contributed by atoms with Crippen LogP contribution in [0.3, 0.4) is 0 Å². The van der Waals surface area contributed by atoms with Crippen LogP contribution in [0.25, 0.3) is 0 Å². The van der Waals surface area contributed by atoms with Crippen LogP contribution in [0.1, 0.15) is 72.8 Å². The second-order valence-corrected chi connectivity index (χ2v) is 19.0. The molecule has 1 fully saturated rings. The smallest absolute Gasteiger partial charge is 0.407 e. The summed E-state index contributed by atoms with van der Waals surface area (Å²) in [6, 6.07) is 9.25. The number of esters is 1. The summed E-state index contributed by atoms with van der Waals surface area (Å²) in [4.78, 5) is 41.2. The number of likely N-dealkylation sites (tertiary alicyclic amines) is 1. The molecule has 9 heteroatoms. The Morgan fingerprint density at radius 2 is 1.70 bits per heavy atom. The van der Waals surface area contributed by atoms with Crippen molar-refractivity contribution in [2.45, 2.75) is 129 Å². The molecule has 226 valence electrons. The first kappa shape index (κ1) is 33.8. The summed E-state index contributed by atoms with van der Waals surface area (Å²) in [6.45, 7) is 19.0. The maximum absolute atomic E-state index is 13.6. The van der Waals surface area contributed by atoms with Crippen LogP contribution in [0.15, 0.2) is 30.3 Å². The number of ether oxygens (including phenoxy) is 2. The van der Waals surface area contributed by atoms with Crippen molar-refractivity contribution in [3.05, 3.63) is 35.9 Å². The quantitative estimate of drug-likeness (QED) is 0.230. The van der Waals surface area contributed by atoms with Crippen LogP contribution in [0.4, 0.5) is 4.79 Å². The number of carbonyl (C=O) groups excluding carboxylic acids is 3. The standard InChI is InChI=1S/C31H53N3O5Si/c1-10-23(11-2)19-25(32-22(3)35)28-26(33-30(37)38-17-18-40(7,8)9)20-27(29(36)39-31(4,5)6)34(28)21-24-15-13-12-14-16-24/h12-16,23,25-28H,10-11,17-21H2,1-9H3,(H,32,35)(H,33,37)/t25-,26+,27+,28-/m0/s1. The SMILES string of the molecule is CCC(CC)C[C@H](NC(C)=O)[C@H]1[C@H](NC(=O)OCC[Si](C)(C)C)C[C@H](C(=O)OC(C)(C)C)N1Cc1ccccc1. The zero-order valence-electron chi connectivity index (χ0n) is 26.2. The second-order valence-electron chi connectivity index (χ2n) is 13.4. The van der Waals surface area contributed by atoms with E-state index in [4.69, 9.17) is 9.47 Å². The monoisotopic (exact) mass is 575 g/mol. The van der Waals surface area contributed by atoms with E-state index in [0.717, 1.165) is 30.9 Å². The molecule has 0 saturated carbocycles. The fraction of sp³-hybridized carbons (Fsp3) is 0.710. The number of hydrogen-bond acceptors (Lipinski definition) is 6. The summed E-state index contributed by atoms with van der Waals surface area (Å²) in [7, 11) is -1.37. The van der Waals surface area contributed by atoms with Crippen LogP contribution in [0.2, 0.25) is 25.7 Å². The molecule has 2 rings (SSSR count). The molecule has 2 N–H and O–H groups in total. The molecule has 1 aliphatic heterocycles. The van der Waals surface area contributed by atoms with Gasteiger partial charge in [0.1, 0.15) is 11.6 Å². The molecule has 0 aliphatic carbocycles. The molecule has 0 spiro atoms. The van der Waals surface area contributed by atoms with E-state index < -0.39 is 31.9 Å². The number of hydrogen-bond donors (Lipinski definition) is 2. The van der Waals surface area contributed by atoms with Crippen LogP contribution in [-0.4, -0.2) is 67.3 Å². The fourth-order valence-electron chi connectivity index (χ4n) is 5.39. The van der Waals surface area contributed by atoms with Crippen LogP contribution in [0, 0.1) is 5.92 Å². The molecule has 0 unspecified atom stereocenters. The Morgan fingerprint density at radius 3 is 2.23 bits per heavy atom. The van der Waals surface area contributed by atoms with E-state index in [1.807, 2.05) is 51.1 Å². The summed E-state index contributed by atoms with van der Waals surface area (Å²) < 4.78 is 11.5. The van der Waals surface area contributed by atoms with Crippen LogP contribution in [0.5, 0.6) is 0 Å². The Labute approximate surface area is 243 Å². The first-order valence-corrected chi connectivity index (χ1v) is 18.6. The number of rotatable bonds is 13. The van der Waals surface area contributed by atoms with E-state index in [9.17, 15) is 14.4 Å². The van der Waals surface area contributed by atoms with Gasteiger partial charge in [0.2, 0.25) is 5.91 Å². The van der Waals surface area contributed by atoms with Crippen LogP contribution in [-0.2, 0) is 25.6 Å². The number of carbonyl (C=O) groups is 3. The minimum absolute atomic E-state index is 0.132. The highest BCUT2D eigenvalue weighted by Gasteiger charge is 2.50. The van der Waals surface area contributed by atoms with Gasteiger partial charge in [0, 0.05) is 27.6 Å². The molecule has 1 heterocycles. The van der Waals surface area contributed by atoms with Gasteiger partial charge in [-0.3, -0.25) is 14.5 Å². The number of benzene rings is 1. The third-order valence-electron chi connectivity index (χ3n) is 7.49. The highest BCUT2D eigenvalue weighted by atomic mass is 28.3. The third kappa shape index (κ3) is 11.2. The van der Waals surface area contributed by atoms with Crippen molar-refractivity contribution in [2.24, 2.45) is 5.92 Å². The molecule has 2 amide bonds. The van der Waals surface area contributed by atoms with Gasteiger partial charge in [-0.2, -0.15) is 0 Å². The lowest BCUT2D eigenvalue weighted by Crippen LogP contribution is -2.58. The highest BCUT2D eigenvalue weighted by molar-refractivity contribution is 6.76. The molecular formula is C31H53N3O5Si. The Morgan fingerprint density at radius 1 is 1.07 bits per heavy atom. The molecule has 1 aromatic rings. The number of nitrogens with one attached hydrogen (secondary N) is 2. The van der Waals surface area contributed by atoms with Gasteiger partial charge in [-0.05, 0) is 51.1 Å². The summed E-state index contributed by atoms with van der Waals surface area (Å²) in [5.41, 5.74) is 0.391. The van der Waals surface area contributed by atoms with E-state index in [1.54, 1.807) is 0 Å². The first-order chi connectivity index (χ1) is 18.6. The maximum Gasteiger partial charge on any atom is 0.407 e. The predicted molar refractivity (Wildman–Crippen MR) is 163 cm³/mol. The minimum Gasteiger partial charge on any atom is -0.459 e. The summed E-state index contributed by atoms with van der Waals surface area (Å²) in [6.07, 6.45) is 2.58. The zero-order chi connectivity index (χ0) is 30.1. The van der Waals surface area contributed by atoms with E-state index in [1.165, 1.54) is 6.92 Å². The van der Waals surface area contributed by atoms with Gasteiger partial charge < -0.3 is 20.1 Å². The fourth-order valence-corrected chi connectivity index (χ4v) is 6.10. The second kappa shape index (κ2) is 15.0. The zero-order valence-corrected chi connectivity index (χ0v) is 27.2. The van der Waals surface area contributed by atoms with Gasteiger partial charge in [-0.25, -0.2) is 4.79 Å². The van der Waals surface area contributed by atoms with Gasteiger partial charge in [-0.15, -0.1) is 0 Å². The number of amides is 2. The molecule has 4 atom stereocenters. The molecule has 1 aliphatic rings. The van der Waals surface area contributed by atoms with Crippen LogP contribution >= 0.6 is 0 Å². The summed E-state index contributed by atoms with van der Waals surface area (Å²) in [5, 5.41) is 6.29. The Kier molecular flexibility index (Phi) is 12.7. The van der Waals surface area contributed by atoms with Crippen molar-refractivity contribution in [1.29, 1.82) is 0 Å². The summed E-state index contributed by atoms with van der Waals surface area (Å²) in [5.74, 6) is -0.0675. The van der Waals surface area contributed by atoms with Gasteiger partial charge in [0.15, 0.2) is 0 Å². The average Bonchev–Trinajstić information content (AvgIpc) is 3.17. The summed E-state index contributed by atoms with van der Waals surface area (Å²) >= 11 is 0. The maximum atomic E-state index is 13.6. The molecule has 0 radical (unpaired) electrons. The van der Waals surface area contributed by atoms with E-state index in [0.29, 0.717) is 25.5 Å². The van der Waals surface area contributed by atoms with Crippen molar-refractivity contribution in [2.75, 3.05) is 6.61 Å². The lowest BCUT2D eigenvalue weighted by atomic mass is 9.88. The van der Waals surface area contributed by atoms with Crippen molar-refractivity contribution in [3.63, 3.8) is 0 Å². The van der Waals surface area contributed by atoms with E-state index >= 15 is 0 Å². The molecule has 0 aromatic heterocycles. The normalized spacial score (nSPS) is 20.7.